The van der Waals surface area contributed by atoms with Crippen molar-refractivity contribution in [2.75, 3.05) is 6.54 Å². The summed E-state index contributed by atoms with van der Waals surface area (Å²) in [6, 6.07) is 17.5. The fourth-order valence-electron chi connectivity index (χ4n) is 1.75. The van der Waals surface area contributed by atoms with E-state index in [0.29, 0.717) is 6.54 Å². The standard InChI is InChI=1S/C15H18N2O/c16-11-10-15(17)12-6-8-14(9-7-12)18-13-4-2-1-3-5-13/h1-9,15H,10-11,16-17H2/t15-/m1/s1. The predicted molar refractivity (Wildman–Crippen MR) is 73.6 cm³/mol. The van der Waals surface area contributed by atoms with E-state index in [1.165, 1.54) is 0 Å². The van der Waals surface area contributed by atoms with Crippen LogP contribution in [-0.4, -0.2) is 6.54 Å². The number of rotatable bonds is 5. The van der Waals surface area contributed by atoms with Gasteiger partial charge < -0.3 is 16.2 Å². The molecule has 3 heteroatoms. The SMILES string of the molecule is NCC[C@@H](N)c1ccc(Oc2ccccc2)cc1. The maximum absolute atomic E-state index is 5.99. The quantitative estimate of drug-likeness (QED) is 0.847. The number of hydrogen-bond acceptors (Lipinski definition) is 3. The number of ether oxygens (including phenoxy) is 1. The molecule has 2 rings (SSSR count). The van der Waals surface area contributed by atoms with Crippen LogP contribution in [0.4, 0.5) is 0 Å². The van der Waals surface area contributed by atoms with Gasteiger partial charge >= 0.3 is 0 Å². The van der Waals surface area contributed by atoms with Crippen molar-refractivity contribution < 1.29 is 4.74 Å². The fraction of sp³-hybridized carbons (Fsp3) is 0.200. The van der Waals surface area contributed by atoms with Crippen molar-refractivity contribution in [3.05, 3.63) is 60.2 Å². The molecule has 0 radical (unpaired) electrons. The normalized spacial score (nSPS) is 12.1. The number of nitrogens with two attached hydrogens (primary N) is 2. The minimum Gasteiger partial charge on any atom is -0.457 e. The molecule has 94 valence electrons. The maximum Gasteiger partial charge on any atom is 0.127 e. The van der Waals surface area contributed by atoms with Gasteiger partial charge in [-0.3, -0.25) is 0 Å². The van der Waals surface area contributed by atoms with Crippen molar-refractivity contribution in [3.63, 3.8) is 0 Å². The van der Waals surface area contributed by atoms with Gasteiger partial charge in [0.25, 0.3) is 0 Å². The van der Waals surface area contributed by atoms with Crippen LogP contribution >= 0.6 is 0 Å². The Morgan fingerprint density at radius 1 is 0.889 bits per heavy atom. The van der Waals surface area contributed by atoms with Crippen LogP contribution in [-0.2, 0) is 0 Å². The van der Waals surface area contributed by atoms with Gasteiger partial charge in [-0.15, -0.1) is 0 Å². The van der Waals surface area contributed by atoms with Gasteiger partial charge in [0.05, 0.1) is 0 Å². The van der Waals surface area contributed by atoms with Gasteiger partial charge in [0, 0.05) is 6.04 Å². The maximum atomic E-state index is 5.99. The van der Waals surface area contributed by atoms with Gasteiger partial charge in [-0.25, -0.2) is 0 Å². The Balaban J connectivity index is 2.04. The molecule has 2 aromatic rings. The molecule has 18 heavy (non-hydrogen) atoms. The summed E-state index contributed by atoms with van der Waals surface area (Å²) in [6.07, 6.45) is 0.791. The average Bonchev–Trinajstić information content (AvgIpc) is 2.41. The first kappa shape index (κ1) is 12.6. The summed E-state index contributed by atoms with van der Waals surface area (Å²) in [5.74, 6) is 1.64. The Bertz CT molecular complexity index is 468. The number of benzene rings is 2. The zero-order valence-corrected chi connectivity index (χ0v) is 10.3. The lowest BCUT2D eigenvalue weighted by atomic mass is 10.0. The molecule has 0 saturated heterocycles. The van der Waals surface area contributed by atoms with Crippen LogP contribution in [0.3, 0.4) is 0 Å². The molecule has 3 nitrogen and oxygen atoms in total. The molecule has 0 heterocycles. The number of para-hydroxylation sites is 1. The molecule has 0 amide bonds. The van der Waals surface area contributed by atoms with Crippen LogP contribution in [0.1, 0.15) is 18.0 Å². The van der Waals surface area contributed by atoms with Gasteiger partial charge in [0.1, 0.15) is 11.5 Å². The Hall–Kier alpha value is -1.84. The molecule has 0 fully saturated rings. The molecule has 2 aromatic carbocycles. The van der Waals surface area contributed by atoms with Crippen molar-refractivity contribution in [3.8, 4) is 11.5 Å². The van der Waals surface area contributed by atoms with Crippen LogP contribution in [0.25, 0.3) is 0 Å². The van der Waals surface area contributed by atoms with E-state index in [-0.39, 0.29) is 6.04 Å². The van der Waals surface area contributed by atoms with Crippen LogP contribution in [0, 0.1) is 0 Å². The summed E-state index contributed by atoms with van der Waals surface area (Å²) in [5, 5.41) is 0. The highest BCUT2D eigenvalue weighted by Gasteiger charge is 2.04. The van der Waals surface area contributed by atoms with Gasteiger partial charge in [0.2, 0.25) is 0 Å². The van der Waals surface area contributed by atoms with E-state index < -0.39 is 0 Å². The monoisotopic (exact) mass is 242 g/mol. The summed E-state index contributed by atoms with van der Waals surface area (Å²) < 4.78 is 5.71. The third kappa shape index (κ3) is 3.32. The predicted octanol–water partition coefficient (Wildman–Crippen LogP) is 2.83. The highest BCUT2D eigenvalue weighted by atomic mass is 16.5. The van der Waals surface area contributed by atoms with Crippen molar-refractivity contribution in [1.82, 2.24) is 0 Å². The van der Waals surface area contributed by atoms with Crippen LogP contribution in [0.15, 0.2) is 54.6 Å². The molecule has 1 atom stereocenters. The second kappa shape index (κ2) is 6.19. The lowest BCUT2D eigenvalue weighted by Crippen LogP contribution is -2.15. The van der Waals surface area contributed by atoms with E-state index in [0.717, 1.165) is 23.5 Å². The zero-order valence-electron chi connectivity index (χ0n) is 10.3. The molecule has 4 N–H and O–H groups in total. The molecule has 0 aliphatic carbocycles. The van der Waals surface area contributed by atoms with Crippen molar-refractivity contribution in [1.29, 1.82) is 0 Å². The van der Waals surface area contributed by atoms with E-state index in [1.807, 2.05) is 54.6 Å². The molecule has 0 bridgehead atoms. The zero-order chi connectivity index (χ0) is 12.8. The highest BCUT2D eigenvalue weighted by molar-refractivity contribution is 5.33. The minimum absolute atomic E-state index is 0.000718. The third-order valence-electron chi connectivity index (χ3n) is 2.76. The van der Waals surface area contributed by atoms with Crippen LogP contribution in [0.5, 0.6) is 11.5 Å². The number of hydrogen-bond donors (Lipinski definition) is 2. The van der Waals surface area contributed by atoms with Gasteiger partial charge in [0.15, 0.2) is 0 Å². The molecule has 0 spiro atoms. The third-order valence-corrected chi connectivity index (χ3v) is 2.76. The van der Waals surface area contributed by atoms with E-state index in [1.54, 1.807) is 0 Å². The topological polar surface area (TPSA) is 61.3 Å². The molecule has 0 aliphatic rings. The first-order valence-corrected chi connectivity index (χ1v) is 6.08. The van der Waals surface area contributed by atoms with Crippen LogP contribution < -0.4 is 16.2 Å². The largest absolute Gasteiger partial charge is 0.457 e. The molecular formula is C15H18N2O. The van der Waals surface area contributed by atoms with E-state index in [4.69, 9.17) is 16.2 Å². The van der Waals surface area contributed by atoms with Gasteiger partial charge in [-0.1, -0.05) is 30.3 Å². The Kier molecular flexibility index (Phi) is 4.34. The molecule has 0 aromatic heterocycles. The summed E-state index contributed by atoms with van der Waals surface area (Å²) in [6.45, 7) is 0.601. The van der Waals surface area contributed by atoms with E-state index in [9.17, 15) is 0 Å². The molecule has 0 unspecified atom stereocenters. The average molecular weight is 242 g/mol. The van der Waals surface area contributed by atoms with Crippen LogP contribution in [0.2, 0.25) is 0 Å². The first-order chi connectivity index (χ1) is 8.79. The smallest absolute Gasteiger partial charge is 0.127 e. The molecular weight excluding hydrogens is 224 g/mol. The summed E-state index contributed by atoms with van der Waals surface area (Å²) in [7, 11) is 0. The second-order valence-corrected chi connectivity index (χ2v) is 4.17. The summed E-state index contributed by atoms with van der Waals surface area (Å²) in [5.41, 5.74) is 12.6. The Morgan fingerprint density at radius 2 is 1.50 bits per heavy atom. The fourth-order valence-corrected chi connectivity index (χ4v) is 1.75. The Morgan fingerprint density at radius 3 is 2.11 bits per heavy atom. The van der Waals surface area contributed by atoms with E-state index >= 15 is 0 Å². The van der Waals surface area contributed by atoms with Crippen molar-refractivity contribution in [2.24, 2.45) is 11.5 Å². The summed E-state index contributed by atoms with van der Waals surface area (Å²) in [4.78, 5) is 0. The Labute approximate surface area is 107 Å². The minimum atomic E-state index is 0.000718. The summed E-state index contributed by atoms with van der Waals surface area (Å²) >= 11 is 0. The molecule has 0 aliphatic heterocycles. The highest BCUT2D eigenvalue weighted by Crippen LogP contribution is 2.23. The van der Waals surface area contributed by atoms with Gasteiger partial charge in [-0.2, -0.15) is 0 Å². The van der Waals surface area contributed by atoms with E-state index in [2.05, 4.69) is 0 Å². The second-order valence-electron chi connectivity index (χ2n) is 4.17. The lowest BCUT2D eigenvalue weighted by molar-refractivity contribution is 0.482. The lowest BCUT2D eigenvalue weighted by Gasteiger charge is -2.11. The molecule has 0 saturated carbocycles. The first-order valence-electron chi connectivity index (χ1n) is 6.08. The van der Waals surface area contributed by atoms with Crippen molar-refractivity contribution in [2.45, 2.75) is 12.5 Å². The van der Waals surface area contributed by atoms with Crippen molar-refractivity contribution >= 4 is 0 Å². The van der Waals surface area contributed by atoms with Gasteiger partial charge in [-0.05, 0) is 42.8 Å².